The summed E-state index contributed by atoms with van der Waals surface area (Å²) >= 11 is 0. The van der Waals surface area contributed by atoms with Crippen molar-refractivity contribution in [3.05, 3.63) is 12.3 Å². The van der Waals surface area contributed by atoms with Crippen molar-refractivity contribution in [2.24, 2.45) is 5.92 Å². The summed E-state index contributed by atoms with van der Waals surface area (Å²) in [4.78, 5) is 2.31. The van der Waals surface area contributed by atoms with E-state index in [0.29, 0.717) is 11.7 Å². The fourth-order valence-electron chi connectivity index (χ4n) is 1.49. The topological polar surface area (TPSA) is 47.1 Å². The monoisotopic (exact) mass is 196 g/mol. The smallest absolute Gasteiger partial charge is 0.145 e. The number of nitrogen functional groups attached to an aromatic ring is 1. The van der Waals surface area contributed by atoms with Gasteiger partial charge in [-0.1, -0.05) is 13.8 Å². The van der Waals surface area contributed by atoms with Crippen LogP contribution in [0.3, 0.4) is 0 Å². The van der Waals surface area contributed by atoms with Gasteiger partial charge in [0.25, 0.3) is 0 Å². The van der Waals surface area contributed by atoms with E-state index in [2.05, 4.69) is 30.9 Å². The average molecular weight is 196 g/mol. The molecule has 0 bridgehead atoms. The number of anilines is 1. The fraction of sp³-hybridized carbons (Fsp3) is 0.700. The molecule has 80 valence electrons. The summed E-state index contributed by atoms with van der Waals surface area (Å²) < 4.78 is 1.88. The van der Waals surface area contributed by atoms with Gasteiger partial charge in [0.05, 0.1) is 6.54 Å². The number of rotatable bonds is 5. The molecule has 0 saturated carbocycles. The summed E-state index contributed by atoms with van der Waals surface area (Å²) in [5.41, 5.74) is 5.52. The lowest BCUT2D eigenvalue weighted by Gasteiger charge is -2.18. The van der Waals surface area contributed by atoms with Crippen LogP contribution in [0, 0.1) is 5.92 Å². The molecule has 1 aromatic heterocycles. The van der Waals surface area contributed by atoms with E-state index in [0.717, 1.165) is 19.6 Å². The number of aromatic nitrogens is 2. The maximum atomic E-state index is 5.52. The minimum absolute atomic E-state index is 0.594. The minimum Gasteiger partial charge on any atom is -0.382 e. The Kier molecular flexibility index (Phi) is 3.95. The van der Waals surface area contributed by atoms with Gasteiger partial charge in [-0.3, -0.25) is 4.68 Å². The van der Waals surface area contributed by atoms with Gasteiger partial charge in [0.2, 0.25) is 0 Å². The van der Waals surface area contributed by atoms with Crippen LogP contribution in [0.15, 0.2) is 12.3 Å². The molecule has 0 aliphatic carbocycles. The Morgan fingerprint density at radius 2 is 2.29 bits per heavy atom. The quantitative estimate of drug-likeness (QED) is 0.766. The molecular formula is C10H20N4. The molecule has 1 rings (SSSR count). The molecule has 0 atom stereocenters. The molecular weight excluding hydrogens is 176 g/mol. The van der Waals surface area contributed by atoms with Crippen molar-refractivity contribution in [2.45, 2.75) is 20.4 Å². The van der Waals surface area contributed by atoms with Gasteiger partial charge in [-0.15, -0.1) is 0 Å². The predicted octanol–water partition coefficient (Wildman–Crippen LogP) is 1.05. The highest BCUT2D eigenvalue weighted by molar-refractivity contribution is 5.23. The summed E-state index contributed by atoms with van der Waals surface area (Å²) in [5, 5.41) is 4.13. The first kappa shape index (κ1) is 11.0. The van der Waals surface area contributed by atoms with Gasteiger partial charge >= 0.3 is 0 Å². The van der Waals surface area contributed by atoms with E-state index >= 15 is 0 Å². The maximum Gasteiger partial charge on any atom is 0.145 e. The molecule has 0 aliphatic heterocycles. The Bertz CT molecular complexity index is 267. The highest BCUT2D eigenvalue weighted by atomic mass is 15.3. The first-order valence-electron chi connectivity index (χ1n) is 5.05. The van der Waals surface area contributed by atoms with Crippen LogP contribution in [-0.4, -0.2) is 34.8 Å². The van der Waals surface area contributed by atoms with Crippen molar-refractivity contribution in [1.29, 1.82) is 0 Å². The van der Waals surface area contributed by atoms with Gasteiger partial charge in [0.15, 0.2) is 0 Å². The van der Waals surface area contributed by atoms with Gasteiger partial charge in [-0.2, -0.15) is 5.10 Å². The van der Waals surface area contributed by atoms with E-state index in [1.165, 1.54) is 0 Å². The summed E-state index contributed by atoms with van der Waals surface area (Å²) in [7, 11) is 2.13. The molecule has 0 fully saturated rings. The third-order valence-corrected chi connectivity index (χ3v) is 2.05. The van der Waals surface area contributed by atoms with Crippen LogP contribution < -0.4 is 5.73 Å². The third kappa shape index (κ3) is 3.79. The molecule has 0 amide bonds. The number of nitrogens with two attached hydrogens (primary N) is 1. The molecule has 1 aromatic rings. The second-order valence-electron chi connectivity index (χ2n) is 4.16. The zero-order chi connectivity index (χ0) is 10.6. The van der Waals surface area contributed by atoms with Crippen LogP contribution in [0.4, 0.5) is 5.82 Å². The molecule has 0 aromatic carbocycles. The first-order chi connectivity index (χ1) is 6.58. The van der Waals surface area contributed by atoms with Crippen molar-refractivity contribution < 1.29 is 0 Å². The van der Waals surface area contributed by atoms with Gasteiger partial charge in [-0.25, -0.2) is 0 Å². The van der Waals surface area contributed by atoms with Crippen LogP contribution in [0.5, 0.6) is 0 Å². The SMILES string of the molecule is CC(C)CN(C)CCn1ccc(N)n1. The molecule has 0 aliphatic rings. The van der Waals surface area contributed by atoms with Crippen LogP contribution in [0.25, 0.3) is 0 Å². The molecule has 0 saturated heterocycles. The van der Waals surface area contributed by atoms with Crippen molar-refractivity contribution in [3.8, 4) is 0 Å². The lowest BCUT2D eigenvalue weighted by atomic mass is 10.2. The lowest BCUT2D eigenvalue weighted by Crippen LogP contribution is -2.27. The van der Waals surface area contributed by atoms with Gasteiger partial charge in [-0.05, 0) is 19.0 Å². The third-order valence-electron chi connectivity index (χ3n) is 2.05. The van der Waals surface area contributed by atoms with Crippen molar-refractivity contribution in [1.82, 2.24) is 14.7 Å². The molecule has 4 nitrogen and oxygen atoms in total. The van der Waals surface area contributed by atoms with Crippen LogP contribution in [0.2, 0.25) is 0 Å². The molecule has 0 spiro atoms. The molecule has 14 heavy (non-hydrogen) atoms. The van der Waals surface area contributed by atoms with Crippen LogP contribution in [0.1, 0.15) is 13.8 Å². The average Bonchev–Trinajstić information content (AvgIpc) is 2.47. The number of hydrogen-bond donors (Lipinski definition) is 1. The summed E-state index contributed by atoms with van der Waals surface area (Å²) in [6, 6.07) is 1.82. The Morgan fingerprint density at radius 3 is 2.79 bits per heavy atom. The van der Waals surface area contributed by atoms with E-state index in [-0.39, 0.29) is 0 Å². The van der Waals surface area contributed by atoms with Crippen molar-refractivity contribution in [2.75, 3.05) is 25.9 Å². The molecule has 0 radical (unpaired) electrons. The van der Waals surface area contributed by atoms with Gasteiger partial charge < -0.3 is 10.6 Å². The fourth-order valence-corrected chi connectivity index (χ4v) is 1.49. The minimum atomic E-state index is 0.594. The zero-order valence-electron chi connectivity index (χ0n) is 9.27. The maximum absolute atomic E-state index is 5.52. The van der Waals surface area contributed by atoms with Gasteiger partial charge in [0, 0.05) is 19.3 Å². The second kappa shape index (κ2) is 5.00. The number of hydrogen-bond acceptors (Lipinski definition) is 3. The Hall–Kier alpha value is -1.03. The van der Waals surface area contributed by atoms with E-state index < -0.39 is 0 Å². The highest BCUT2D eigenvalue weighted by Crippen LogP contribution is 1.98. The number of nitrogens with zero attached hydrogens (tertiary/aromatic N) is 3. The predicted molar refractivity (Wildman–Crippen MR) is 59.0 cm³/mol. The molecule has 4 heteroatoms. The highest BCUT2D eigenvalue weighted by Gasteiger charge is 2.02. The zero-order valence-corrected chi connectivity index (χ0v) is 9.27. The summed E-state index contributed by atoms with van der Waals surface area (Å²) in [6.07, 6.45) is 1.92. The van der Waals surface area contributed by atoms with Crippen LogP contribution >= 0.6 is 0 Å². The Labute approximate surface area is 85.7 Å². The molecule has 0 unspecified atom stereocenters. The normalized spacial score (nSPS) is 11.5. The van der Waals surface area contributed by atoms with Crippen molar-refractivity contribution in [3.63, 3.8) is 0 Å². The van der Waals surface area contributed by atoms with Crippen LogP contribution in [-0.2, 0) is 6.54 Å². The summed E-state index contributed by atoms with van der Waals surface area (Å²) in [6.45, 7) is 7.49. The molecule has 2 N–H and O–H groups in total. The van der Waals surface area contributed by atoms with E-state index in [1.807, 2.05) is 16.9 Å². The summed E-state index contributed by atoms with van der Waals surface area (Å²) in [5.74, 6) is 1.30. The van der Waals surface area contributed by atoms with Crippen molar-refractivity contribution >= 4 is 5.82 Å². The molecule has 1 heterocycles. The number of likely N-dealkylation sites (N-methyl/N-ethyl adjacent to an activating group) is 1. The van der Waals surface area contributed by atoms with Gasteiger partial charge in [0.1, 0.15) is 5.82 Å². The lowest BCUT2D eigenvalue weighted by molar-refractivity contribution is 0.280. The largest absolute Gasteiger partial charge is 0.382 e. The Morgan fingerprint density at radius 1 is 1.57 bits per heavy atom. The second-order valence-corrected chi connectivity index (χ2v) is 4.16. The van der Waals surface area contributed by atoms with E-state index in [9.17, 15) is 0 Å². The van der Waals surface area contributed by atoms with E-state index in [4.69, 9.17) is 5.73 Å². The standard InChI is InChI=1S/C10H20N4/c1-9(2)8-13(3)6-7-14-5-4-10(11)12-14/h4-5,9H,6-8H2,1-3H3,(H2,11,12). The Balaban J connectivity index is 2.26. The van der Waals surface area contributed by atoms with E-state index in [1.54, 1.807) is 0 Å². The first-order valence-corrected chi connectivity index (χ1v) is 5.05.